The summed E-state index contributed by atoms with van der Waals surface area (Å²) in [5, 5.41) is 23.2. The quantitative estimate of drug-likeness (QED) is 0.244. The molecule has 0 amide bonds. The van der Waals surface area contributed by atoms with E-state index in [9.17, 15) is 20.2 Å². The molecule has 7 nitrogen and oxygen atoms in total. The minimum absolute atomic E-state index is 0.0576. The first-order chi connectivity index (χ1) is 14.7. The SMILES string of the molecule is Cc1cc([N+](=O)[O-])ccc1Cc1cn(-c2ccc([N+](=O)[O-])cc2C)c2ccc(Br)cc12. The number of nitro groups is 2. The summed E-state index contributed by atoms with van der Waals surface area (Å²) in [6.45, 7) is 3.73. The molecule has 156 valence electrons. The lowest BCUT2D eigenvalue weighted by Gasteiger charge is -2.09. The molecule has 0 aliphatic rings. The number of non-ortho nitro benzene ring substituents is 2. The fourth-order valence-electron chi connectivity index (χ4n) is 3.83. The molecule has 4 aromatic rings. The van der Waals surface area contributed by atoms with Crippen molar-refractivity contribution in [3.8, 4) is 5.69 Å². The van der Waals surface area contributed by atoms with Crippen LogP contribution in [0.15, 0.2) is 65.3 Å². The molecule has 3 aromatic carbocycles. The van der Waals surface area contributed by atoms with Crippen LogP contribution in [0.4, 0.5) is 11.4 Å². The lowest BCUT2D eigenvalue weighted by Crippen LogP contribution is -1.97. The van der Waals surface area contributed by atoms with E-state index in [0.717, 1.165) is 43.3 Å². The first kappa shape index (κ1) is 20.7. The molecule has 8 heteroatoms. The highest BCUT2D eigenvalue weighted by Crippen LogP contribution is 2.32. The van der Waals surface area contributed by atoms with Crippen molar-refractivity contribution in [2.45, 2.75) is 20.3 Å². The number of aryl methyl sites for hydroxylation is 2. The molecule has 0 bridgehead atoms. The molecule has 0 saturated heterocycles. The zero-order chi connectivity index (χ0) is 22.3. The largest absolute Gasteiger partial charge is 0.316 e. The van der Waals surface area contributed by atoms with Gasteiger partial charge in [-0.25, -0.2) is 0 Å². The molecule has 31 heavy (non-hydrogen) atoms. The van der Waals surface area contributed by atoms with Crippen LogP contribution in [0.5, 0.6) is 0 Å². The van der Waals surface area contributed by atoms with Crippen molar-refractivity contribution in [1.29, 1.82) is 0 Å². The van der Waals surface area contributed by atoms with E-state index in [0.29, 0.717) is 6.42 Å². The topological polar surface area (TPSA) is 91.2 Å². The lowest BCUT2D eigenvalue weighted by atomic mass is 10.00. The zero-order valence-electron chi connectivity index (χ0n) is 16.8. The van der Waals surface area contributed by atoms with Crippen molar-refractivity contribution in [3.05, 3.63) is 108 Å². The van der Waals surface area contributed by atoms with Gasteiger partial charge in [0.15, 0.2) is 0 Å². The Balaban J connectivity index is 1.84. The minimum atomic E-state index is -0.398. The van der Waals surface area contributed by atoms with Gasteiger partial charge in [0.1, 0.15) is 0 Å². The van der Waals surface area contributed by atoms with Crippen molar-refractivity contribution in [2.75, 3.05) is 0 Å². The van der Waals surface area contributed by atoms with E-state index in [1.54, 1.807) is 24.3 Å². The predicted molar refractivity (Wildman–Crippen MR) is 123 cm³/mol. The standard InChI is InChI=1S/C23H18BrN3O4/c1-14-9-19(26(28)29)5-3-16(14)11-17-13-25(23-7-4-18(24)12-21(17)23)22-8-6-20(27(30)31)10-15(22)2/h3-10,12-13H,11H2,1-2H3. The highest BCUT2D eigenvalue weighted by molar-refractivity contribution is 9.10. The number of hydrogen-bond acceptors (Lipinski definition) is 4. The van der Waals surface area contributed by atoms with Crippen molar-refractivity contribution < 1.29 is 9.85 Å². The Bertz CT molecular complexity index is 1360. The van der Waals surface area contributed by atoms with Gasteiger partial charge in [-0.2, -0.15) is 0 Å². The van der Waals surface area contributed by atoms with Crippen molar-refractivity contribution in [3.63, 3.8) is 0 Å². The van der Waals surface area contributed by atoms with Crippen molar-refractivity contribution in [1.82, 2.24) is 4.57 Å². The summed E-state index contributed by atoms with van der Waals surface area (Å²) in [6.07, 6.45) is 2.64. The van der Waals surface area contributed by atoms with Gasteiger partial charge in [0.2, 0.25) is 0 Å². The van der Waals surface area contributed by atoms with Crippen molar-refractivity contribution >= 4 is 38.2 Å². The van der Waals surface area contributed by atoms with Gasteiger partial charge in [-0.15, -0.1) is 0 Å². The highest BCUT2D eigenvalue weighted by Gasteiger charge is 2.16. The smallest absolute Gasteiger partial charge is 0.269 e. The number of nitro benzene ring substituents is 2. The van der Waals surface area contributed by atoms with Crippen LogP contribution in [-0.2, 0) is 6.42 Å². The van der Waals surface area contributed by atoms with Gasteiger partial charge in [0.25, 0.3) is 11.4 Å². The number of aromatic nitrogens is 1. The molecular formula is C23H18BrN3O4. The van der Waals surface area contributed by atoms with Gasteiger partial charge < -0.3 is 4.57 Å². The summed E-state index contributed by atoms with van der Waals surface area (Å²) < 4.78 is 2.98. The third-order valence-corrected chi connectivity index (χ3v) is 5.91. The lowest BCUT2D eigenvalue weighted by molar-refractivity contribution is -0.385. The summed E-state index contributed by atoms with van der Waals surface area (Å²) >= 11 is 3.54. The van der Waals surface area contributed by atoms with E-state index in [1.807, 2.05) is 42.8 Å². The van der Waals surface area contributed by atoms with Gasteiger partial charge in [-0.3, -0.25) is 20.2 Å². The molecule has 1 aromatic heterocycles. The first-order valence-corrected chi connectivity index (χ1v) is 10.3. The average molecular weight is 480 g/mol. The molecule has 1 heterocycles. The second-order valence-electron chi connectivity index (χ2n) is 7.46. The number of fused-ring (bicyclic) bond motifs is 1. The number of benzene rings is 3. The van der Waals surface area contributed by atoms with Crippen molar-refractivity contribution in [2.24, 2.45) is 0 Å². The van der Waals surface area contributed by atoms with E-state index in [2.05, 4.69) is 15.9 Å². The Hall–Kier alpha value is -3.52. The number of halogens is 1. The van der Waals surface area contributed by atoms with Crippen LogP contribution in [0, 0.1) is 34.1 Å². The Labute approximate surface area is 186 Å². The highest BCUT2D eigenvalue weighted by atomic mass is 79.9. The van der Waals surface area contributed by atoms with Crippen LogP contribution < -0.4 is 0 Å². The van der Waals surface area contributed by atoms with E-state index in [-0.39, 0.29) is 11.4 Å². The number of nitrogens with zero attached hydrogens (tertiary/aromatic N) is 3. The second-order valence-corrected chi connectivity index (χ2v) is 8.37. The second kappa shape index (κ2) is 7.96. The predicted octanol–water partition coefficient (Wildman–Crippen LogP) is 6.42. The van der Waals surface area contributed by atoms with E-state index >= 15 is 0 Å². The van der Waals surface area contributed by atoms with Gasteiger partial charge in [0, 0.05) is 46.0 Å². The summed E-state index contributed by atoms with van der Waals surface area (Å²) in [5.74, 6) is 0. The van der Waals surface area contributed by atoms with Crippen LogP contribution in [0.3, 0.4) is 0 Å². The maximum Gasteiger partial charge on any atom is 0.269 e. The first-order valence-electron chi connectivity index (χ1n) is 9.53. The van der Waals surface area contributed by atoms with Crippen LogP contribution in [0.2, 0.25) is 0 Å². The monoisotopic (exact) mass is 479 g/mol. The molecule has 0 fully saturated rings. The summed E-state index contributed by atoms with van der Waals surface area (Å²) in [5.41, 5.74) is 5.70. The third-order valence-electron chi connectivity index (χ3n) is 5.42. The maximum absolute atomic E-state index is 11.1. The molecule has 0 spiro atoms. The van der Waals surface area contributed by atoms with E-state index in [4.69, 9.17) is 0 Å². The minimum Gasteiger partial charge on any atom is -0.316 e. The summed E-state index contributed by atoms with van der Waals surface area (Å²) in [7, 11) is 0. The molecule has 0 atom stereocenters. The van der Waals surface area contributed by atoms with E-state index in [1.165, 1.54) is 12.1 Å². The molecule has 0 radical (unpaired) electrons. The normalized spacial score (nSPS) is 11.1. The van der Waals surface area contributed by atoms with Gasteiger partial charge in [0.05, 0.1) is 15.4 Å². The molecular weight excluding hydrogens is 462 g/mol. The fourth-order valence-corrected chi connectivity index (χ4v) is 4.19. The Morgan fingerprint density at radius 3 is 2.10 bits per heavy atom. The third kappa shape index (κ3) is 3.94. The average Bonchev–Trinajstić information content (AvgIpc) is 3.06. The van der Waals surface area contributed by atoms with Crippen LogP contribution >= 0.6 is 15.9 Å². The number of hydrogen-bond donors (Lipinski definition) is 0. The molecule has 4 rings (SSSR count). The maximum atomic E-state index is 11.1. The van der Waals surface area contributed by atoms with E-state index < -0.39 is 9.85 Å². The Morgan fingerprint density at radius 1 is 0.839 bits per heavy atom. The molecule has 0 aliphatic heterocycles. The molecule has 0 unspecified atom stereocenters. The number of rotatable bonds is 5. The zero-order valence-corrected chi connectivity index (χ0v) is 18.4. The van der Waals surface area contributed by atoms with Gasteiger partial charge >= 0.3 is 0 Å². The van der Waals surface area contributed by atoms with Gasteiger partial charge in [-0.1, -0.05) is 22.0 Å². The molecule has 0 saturated carbocycles. The fraction of sp³-hybridized carbons (Fsp3) is 0.130. The van der Waals surface area contributed by atoms with Crippen LogP contribution in [-0.4, -0.2) is 14.4 Å². The van der Waals surface area contributed by atoms with Crippen LogP contribution in [0.1, 0.15) is 22.3 Å². The summed E-state index contributed by atoms with van der Waals surface area (Å²) in [4.78, 5) is 21.4. The Kier molecular flexibility index (Phi) is 5.32. The molecule has 0 N–H and O–H groups in total. The van der Waals surface area contributed by atoms with Crippen LogP contribution in [0.25, 0.3) is 16.6 Å². The van der Waals surface area contributed by atoms with Gasteiger partial charge in [-0.05, 0) is 66.8 Å². The summed E-state index contributed by atoms with van der Waals surface area (Å²) in [6, 6.07) is 15.8. The Morgan fingerprint density at radius 2 is 1.48 bits per heavy atom. The molecule has 0 aliphatic carbocycles.